The summed E-state index contributed by atoms with van der Waals surface area (Å²) in [5.74, 6) is 0.723. The number of halogens is 1. The van der Waals surface area contributed by atoms with Crippen LogP contribution in [0.2, 0.25) is 0 Å². The van der Waals surface area contributed by atoms with Gasteiger partial charge in [0.25, 0.3) is 5.91 Å². The molecule has 9 heteroatoms. The first kappa shape index (κ1) is 23.9. The monoisotopic (exact) mass is 451 g/mol. The number of nitrogens with one attached hydrogen (secondary N) is 2. The Hall–Kier alpha value is -3.75. The number of nitrogens with zero attached hydrogens (tertiary/aromatic N) is 5. The molecule has 0 aliphatic carbocycles. The lowest BCUT2D eigenvalue weighted by molar-refractivity contribution is -0.115. The zero-order chi connectivity index (χ0) is 23.8. The maximum absolute atomic E-state index is 13.1. The van der Waals surface area contributed by atoms with Crippen molar-refractivity contribution < 1.29 is 9.18 Å². The van der Waals surface area contributed by atoms with Crippen LogP contribution in [0.3, 0.4) is 0 Å². The summed E-state index contributed by atoms with van der Waals surface area (Å²) in [4.78, 5) is 23.4. The van der Waals surface area contributed by atoms with Gasteiger partial charge in [-0.15, -0.1) is 0 Å². The van der Waals surface area contributed by atoms with Gasteiger partial charge < -0.3 is 15.5 Å². The van der Waals surface area contributed by atoms with Crippen molar-refractivity contribution in [3.63, 3.8) is 0 Å². The van der Waals surface area contributed by atoms with Crippen molar-refractivity contribution in [3.8, 4) is 0 Å². The number of likely N-dealkylation sites (N-methyl/N-ethyl adjacent to an activating group) is 1. The Kier molecular flexibility index (Phi) is 8.12. The Morgan fingerprint density at radius 3 is 2.58 bits per heavy atom. The number of carbonyl (C=O) groups is 1. The molecule has 0 radical (unpaired) electrons. The predicted octanol–water partition coefficient (Wildman–Crippen LogP) is 4.22. The lowest BCUT2D eigenvalue weighted by Crippen LogP contribution is -2.32. The minimum absolute atomic E-state index is 0.0722. The van der Waals surface area contributed by atoms with Crippen LogP contribution >= 0.6 is 0 Å². The molecule has 0 unspecified atom stereocenters. The van der Waals surface area contributed by atoms with E-state index in [1.54, 1.807) is 47.1 Å². The molecule has 0 saturated heterocycles. The molecule has 3 rings (SSSR count). The van der Waals surface area contributed by atoms with Crippen molar-refractivity contribution in [1.82, 2.24) is 19.7 Å². The Morgan fingerprint density at radius 2 is 1.91 bits per heavy atom. The Labute approximate surface area is 193 Å². The summed E-state index contributed by atoms with van der Waals surface area (Å²) in [6, 6.07) is 6.37. The molecular weight excluding hydrogens is 421 g/mol. The molecular formula is C24H30FN7O. The van der Waals surface area contributed by atoms with E-state index in [9.17, 15) is 9.18 Å². The fourth-order valence-corrected chi connectivity index (χ4v) is 3.26. The van der Waals surface area contributed by atoms with Crippen LogP contribution in [-0.2, 0) is 17.9 Å². The van der Waals surface area contributed by atoms with Crippen LogP contribution in [0, 0.1) is 5.82 Å². The number of benzene rings is 1. The number of aromatic nitrogens is 4. The van der Waals surface area contributed by atoms with Crippen LogP contribution in [0.15, 0.2) is 54.5 Å². The van der Waals surface area contributed by atoms with Crippen LogP contribution in [0.5, 0.6) is 0 Å². The van der Waals surface area contributed by atoms with Gasteiger partial charge in [0, 0.05) is 37.0 Å². The van der Waals surface area contributed by atoms with Gasteiger partial charge in [-0.25, -0.2) is 9.37 Å². The smallest absolute Gasteiger partial charge is 0.253 e. The van der Waals surface area contributed by atoms with E-state index in [2.05, 4.69) is 25.7 Å². The zero-order valence-corrected chi connectivity index (χ0v) is 19.5. The van der Waals surface area contributed by atoms with Gasteiger partial charge in [-0.1, -0.05) is 18.2 Å². The molecule has 174 valence electrons. The van der Waals surface area contributed by atoms with Gasteiger partial charge in [-0.05, 0) is 45.4 Å². The molecule has 0 spiro atoms. The maximum atomic E-state index is 13.1. The third-order valence-corrected chi connectivity index (χ3v) is 5.13. The van der Waals surface area contributed by atoms with Gasteiger partial charge in [0.05, 0.1) is 18.9 Å². The molecule has 0 atom stereocenters. The van der Waals surface area contributed by atoms with E-state index in [4.69, 9.17) is 0 Å². The average molecular weight is 452 g/mol. The highest BCUT2D eigenvalue weighted by atomic mass is 19.1. The fraction of sp³-hybridized carbons (Fsp3) is 0.333. The molecule has 0 aliphatic heterocycles. The number of hydrogen-bond acceptors (Lipinski definition) is 6. The summed E-state index contributed by atoms with van der Waals surface area (Å²) < 4.78 is 14.9. The van der Waals surface area contributed by atoms with E-state index in [1.165, 1.54) is 12.1 Å². The topological polar surface area (TPSA) is 88.0 Å². The van der Waals surface area contributed by atoms with Gasteiger partial charge in [0.15, 0.2) is 5.82 Å². The van der Waals surface area contributed by atoms with Gasteiger partial charge >= 0.3 is 0 Å². The van der Waals surface area contributed by atoms with E-state index in [0.29, 0.717) is 49.2 Å². The molecule has 3 aromatic rings. The van der Waals surface area contributed by atoms with Crippen molar-refractivity contribution in [2.45, 2.75) is 40.8 Å². The molecule has 0 aliphatic rings. The lowest BCUT2D eigenvalue weighted by Gasteiger charge is -2.23. The number of anilines is 3. The molecule has 1 amide bonds. The van der Waals surface area contributed by atoms with Crippen LogP contribution in [0.25, 0.3) is 0 Å². The summed E-state index contributed by atoms with van der Waals surface area (Å²) >= 11 is 0. The largest absolute Gasteiger partial charge is 0.368 e. The number of rotatable bonds is 10. The fourth-order valence-electron chi connectivity index (χ4n) is 3.26. The minimum Gasteiger partial charge on any atom is -0.368 e. The summed E-state index contributed by atoms with van der Waals surface area (Å²) in [6.07, 6.45) is 7.15. The van der Waals surface area contributed by atoms with Gasteiger partial charge in [0.1, 0.15) is 11.5 Å². The highest BCUT2D eigenvalue weighted by Gasteiger charge is 2.20. The second-order valence-electron chi connectivity index (χ2n) is 7.51. The first-order valence-electron chi connectivity index (χ1n) is 11.0. The van der Waals surface area contributed by atoms with E-state index >= 15 is 0 Å². The quantitative estimate of drug-likeness (QED) is 0.449. The normalized spacial score (nSPS) is 11.4. The van der Waals surface area contributed by atoms with Crippen molar-refractivity contribution in [1.29, 1.82) is 0 Å². The van der Waals surface area contributed by atoms with E-state index in [-0.39, 0.29) is 11.7 Å². The number of allylic oxidation sites excluding steroid dienone is 1. The molecule has 0 bridgehead atoms. The Bertz CT molecular complexity index is 1110. The summed E-state index contributed by atoms with van der Waals surface area (Å²) in [6.45, 7) is 9.75. The van der Waals surface area contributed by atoms with Crippen molar-refractivity contribution in [3.05, 3.63) is 71.4 Å². The van der Waals surface area contributed by atoms with Crippen LogP contribution in [0.1, 0.15) is 38.8 Å². The van der Waals surface area contributed by atoms with Crippen LogP contribution in [-0.4, -0.2) is 38.7 Å². The van der Waals surface area contributed by atoms with Crippen LogP contribution < -0.4 is 15.5 Å². The average Bonchev–Trinajstić information content (AvgIpc) is 3.27. The zero-order valence-electron chi connectivity index (χ0n) is 19.5. The van der Waals surface area contributed by atoms with Crippen molar-refractivity contribution in [2.24, 2.45) is 0 Å². The highest BCUT2D eigenvalue weighted by Crippen LogP contribution is 2.25. The minimum atomic E-state index is -0.254. The molecule has 1 aromatic carbocycles. The van der Waals surface area contributed by atoms with Gasteiger partial charge in [0.2, 0.25) is 5.95 Å². The summed E-state index contributed by atoms with van der Waals surface area (Å²) in [7, 11) is 0. The third-order valence-electron chi connectivity index (χ3n) is 5.13. The van der Waals surface area contributed by atoms with Gasteiger partial charge in [-0.2, -0.15) is 10.1 Å². The second-order valence-corrected chi connectivity index (χ2v) is 7.51. The molecule has 2 aromatic heterocycles. The highest BCUT2D eigenvalue weighted by molar-refractivity contribution is 6.06. The molecule has 8 nitrogen and oxygen atoms in total. The van der Waals surface area contributed by atoms with Crippen LogP contribution in [0.4, 0.5) is 21.8 Å². The SMILES string of the molecule is C/C=C(/C)C(=O)N(CC)c1cnc(NCc2cnn(Cc3ccc(F)cc3)c2)nc1NCC. The lowest BCUT2D eigenvalue weighted by atomic mass is 10.2. The molecule has 0 fully saturated rings. The van der Waals surface area contributed by atoms with Crippen molar-refractivity contribution >= 4 is 23.4 Å². The first-order valence-corrected chi connectivity index (χ1v) is 11.0. The third kappa shape index (κ3) is 6.15. The molecule has 2 N–H and O–H groups in total. The number of amides is 1. The van der Waals surface area contributed by atoms with E-state index < -0.39 is 0 Å². The maximum Gasteiger partial charge on any atom is 0.253 e. The molecule has 2 heterocycles. The number of hydrogen-bond donors (Lipinski definition) is 2. The van der Waals surface area contributed by atoms with Crippen molar-refractivity contribution in [2.75, 3.05) is 28.6 Å². The Balaban J connectivity index is 1.70. The summed E-state index contributed by atoms with van der Waals surface area (Å²) in [5, 5.41) is 10.8. The first-order chi connectivity index (χ1) is 15.9. The second kappa shape index (κ2) is 11.2. The van der Waals surface area contributed by atoms with Gasteiger partial charge in [-0.3, -0.25) is 9.48 Å². The van der Waals surface area contributed by atoms with E-state index in [0.717, 1.165) is 11.1 Å². The predicted molar refractivity (Wildman–Crippen MR) is 129 cm³/mol. The van der Waals surface area contributed by atoms with E-state index in [1.807, 2.05) is 27.0 Å². The standard InChI is InChI=1S/C24H30FN7O/c1-5-17(4)23(33)32(7-3)21-14-28-24(30-22(21)26-6-2)27-12-19-13-29-31(16-19)15-18-8-10-20(25)11-9-18/h5,8-11,13-14,16H,6-7,12,15H2,1-4H3,(H2,26,27,28,30)/b17-5-. The molecule has 0 saturated carbocycles. The Morgan fingerprint density at radius 1 is 1.15 bits per heavy atom. The summed E-state index contributed by atoms with van der Waals surface area (Å²) in [5.41, 5.74) is 3.24. The molecule has 33 heavy (non-hydrogen) atoms. The number of carbonyl (C=O) groups excluding carboxylic acids is 1.